The molecule has 5 heteroatoms. The maximum atomic E-state index is 12.3. The number of hydrogen-bond donors (Lipinski definition) is 1. The van der Waals surface area contributed by atoms with E-state index in [9.17, 15) is 9.59 Å². The molecule has 5 nitrogen and oxygen atoms in total. The van der Waals surface area contributed by atoms with Crippen molar-refractivity contribution < 1.29 is 9.90 Å². The van der Waals surface area contributed by atoms with Crippen LogP contribution in [0.15, 0.2) is 4.79 Å². The molecule has 1 aromatic rings. The summed E-state index contributed by atoms with van der Waals surface area (Å²) in [5, 5.41) is 9.10. The molecule has 0 amide bonds. The number of nitrogens with zero attached hydrogens (tertiary/aromatic N) is 2. The normalized spacial score (nSPS) is 12.7. The van der Waals surface area contributed by atoms with Gasteiger partial charge in [-0.05, 0) is 25.7 Å². The van der Waals surface area contributed by atoms with Gasteiger partial charge in [0.1, 0.15) is 0 Å². The van der Waals surface area contributed by atoms with E-state index in [4.69, 9.17) is 5.11 Å². The van der Waals surface area contributed by atoms with E-state index in [-0.39, 0.29) is 24.1 Å². The summed E-state index contributed by atoms with van der Waals surface area (Å²) in [7, 11) is 0. The SMILES string of the molecule is CCc1nc(=O)n(C(C)C(C)C)c(CC)c1CC(=O)O. The molecule has 0 saturated carbocycles. The summed E-state index contributed by atoms with van der Waals surface area (Å²) in [6.45, 7) is 9.90. The quantitative estimate of drug-likeness (QED) is 0.867. The number of hydrogen-bond acceptors (Lipinski definition) is 3. The van der Waals surface area contributed by atoms with Gasteiger partial charge in [-0.2, -0.15) is 4.98 Å². The van der Waals surface area contributed by atoms with Crippen molar-refractivity contribution in [3.8, 4) is 0 Å². The Kier molecular flexibility index (Phi) is 5.48. The largest absolute Gasteiger partial charge is 0.481 e. The fraction of sp³-hybridized carbons (Fsp3) is 0.667. The molecule has 1 heterocycles. The van der Waals surface area contributed by atoms with E-state index in [0.717, 1.165) is 5.69 Å². The molecule has 0 aromatic carbocycles. The fourth-order valence-corrected chi connectivity index (χ4v) is 2.41. The molecule has 1 rings (SSSR count). The van der Waals surface area contributed by atoms with Crippen LogP contribution < -0.4 is 5.69 Å². The minimum absolute atomic E-state index is 0.00315. The van der Waals surface area contributed by atoms with Crippen molar-refractivity contribution in [2.24, 2.45) is 5.92 Å². The van der Waals surface area contributed by atoms with E-state index >= 15 is 0 Å². The zero-order valence-corrected chi connectivity index (χ0v) is 12.9. The van der Waals surface area contributed by atoms with Crippen molar-refractivity contribution in [2.75, 3.05) is 0 Å². The Morgan fingerprint density at radius 1 is 1.25 bits per heavy atom. The van der Waals surface area contributed by atoms with E-state index < -0.39 is 5.97 Å². The van der Waals surface area contributed by atoms with Gasteiger partial charge in [-0.25, -0.2) is 4.79 Å². The second kappa shape index (κ2) is 6.68. The van der Waals surface area contributed by atoms with Crippen LogP contribution in [0.3, 0.4) is 0 Å². The third-order valence-electron chi connectivity index (χ3n) is 3.79. The Morgan fingerprint density at radius 3 is 2.25 bits per heavy atom. The highest BCUT2D eigenvalue weighted by molar-refractivity contribution is 5.71. The van der Waals surface area contributed by atoms with Crippen LogP contribution >= 0.6 is 0 Å². The molecule has 20 heavy (non-hydrogen) atoms. The molecule has 0 fully saturated rings. The zero-order valence-electron chi connectivity index (χ0n) is 12.9. The van der Waals surface area contributed by atoms with Crippen LogP contribution in [0.4, 0.5) is 0 Å². The molecule has 0 aliphatic carbocycles. The molecule has 1 atom stereocenters. The van der Waals surface area contributed by atoms with Gasteiger partial charge in [0.05, 0.1) is 12.1 Å². The highest BCUT2D eigenvalue weighted by Crippen LogP contribution is 2.21. The van der Waals surface area contributed by atoms with Crippen molar-refractivity contribution in [2.45, 2.75) is 59.9 Å². The van der Waals surface area contributed by atoms with E-state index in [0.29, 0.717) is 24.1 Å². The molecule has 0 bridgehead atoms. The van der Waals surface area contributed by atoms with Crippen molar-refractivity contribution in [1.29, 1.82) is 0 Å². The Labute approximate surface area is 119 Å². The summed E-state index contributed by atoms with van der Waals surface area (Å²) in [4.78, 5) is 27.5. The first-order valence-electron chi connectivity index (χ1n) is 7.18. The third-order valence-corrected chi connectivity index (χ3v) is 3.79. The van der Waals surface area contributed by atoms with Gasteiger partial charge in [-0.15, -0.1) is 0 Å². The van der Waals surface area contributed by atoms with Gasteiger partial charge < -0.3 is 5.11 Å². The van der Waals surface area contributed by atoms with E-state index in [2.05, 4.69) is 4.98 Å². The average Bonchev–Trinajstić information content (AvgIpc) is 2.38. The zero-order chi connectivity index (χ0) is 15.4. The fourth-order valence-electron chi connectivity index (χ4n) is 2.41. The Bertz CT molecular complexity index is 547. The molecule has 0 radical (unpaired) electrons. The number of carbonyl (C=O) groups is 1. The van der Waals surface area contributed by atoms with E-state index in [1.807, 2.05) is 34.6 Å². The summed E-state index contributed by atoms with van der Waals surface area (Å²) in [5.41, 5.74) is 1.86. The first-order chi connectivity index (χ1) is 9.33. The minimum atomic E-state index is -0.890. The van der Waals surface area contributed by atoms with E-state index in [1.165, 1.54) is 0 Å². The highest BCUT2D eigenvalue weighted by atomic mass is 16.4. The lowest BCUT2D eigenvalue weighted by Crippen LogP contribution is -2.34. The van der Waals surface area contributed by atoms with Crippen molar-refractivity contribution >= 4 is 5.97 Å². The minimum Gasteiger partial charge on any atom is -0.481 e. The molecule has 0 saturated heterocycles. The lowest BCUT2D eigenvalue weighted by atomic mass is 10.0. The Balaban J connectivity index is 3.60. The van der Waals surface area contributed by atoms with Gasteiger partial charge >= 0.3 is 11.7 Å². The Morgan fingerprint density at radius 2 is 1.85 bits per heavy atom. The highest BCUT2D eigenvalue weighted by Gasteiger charge is 2.21. The van der Waals surface area contributed by atoms with Crippen LogP contribution in [0.2, 0.25) is 0 Å². The second-order valence-electron chi connectivity index (χ2n) is 5.40. The van der Waals surface area contributed by atoms with Gasteiger partial charge in [0.15, 0.2) is 0 Å². The maximum absolute atomic E-state index is 12.3. The Hall–Kier alpha value is -1.65. The van der Waals surface area contributed by atoms with Crippen LogP contribution in [-0.4, -0.2) is 20.6 Å². The molecule has 1 N–H and O–H groups in total. The summed E-state index contributed by atoms with van der Waals surface area (Å²) in [5.74, 6) is -0.608. The van der Waals surface area contributed by atoms with Gasteiger partial charge in [-0.1, -0.05) is 27.7 Å². The van der Waals surface area contributed by atoms with Crippen LogP contribution in [0.5, 0.6) is 0 Å². The van der Waals surface area contributed by atoms with Crippen LogP contribution in [0.25, 0.3) is 0 Å². The predicted molar refractivity (Wildman–Crippen MR) is 78.1 cm³/mol. The molecule has 1 unspecified atom stereocenters. The lowest BCUT2D eigenvalue weighted by Gasteiger charge is -2.24. The van der Waals surface area contributed by atoms with Crippen molar-refractivity contribution in [1.82, 2.24) is 9.55 Å². The number of carboxylic acid groups (broad SMARTS) is 1. The summed E-state index contributed by atoms with van der Waals surface area (Å²) in [6, 6.07) is 0.00315. The van der Waals surface area contributed by atoms with Crippen molar-refractivity contribution in [3.05, 3.63) is 27.4 Å². The summed E-state index contributed by atoms with van der Waals surface area (Å²) >= 11 is 0. The molecular formula is C15H24N2O3. The van der Waals surface area contributed by atoms with Crippen molar-refractivity contribution in [3.63, 3.8) is 0 Å². The average molecular weight is 280 g/mol. The number of carboxylic acids is 1. The van der Waals surface area contributed by atoms with Crippen LogP contribution in [0, 0.1) is 5.92 Å². The summed E-state index contributed by atoms with van der Waals surface area (Å²) in [6.07, 6.45) is 1.12. The number of aryl methyl sites for hydroxylation is 1. The molecule has 112 valence electrons. The maximum Gasteiger partial charge on any atom is 0.348 e. The molecular weight excluding hydrogens is 256 g/mol. The smallest absolute Gasteiger partial charge is 0.348 e. The third kappa shape index (κ3) is 3.26. The monoisotopic (exact) mass is 280 g/mol. The van der Waals surface area contributed by atoms with Crippen LogP contribution in [0.1, 0.15) is 57.6 Å². The predicted octanol–water partition coefficient (Wildman–Crippen LogP) is 2.21. The number of aromatic nitrogens is 2. The molecule has 0 aliphatic heterocycles. The lowest BCUT2D eigenvalue weighted by molar-refractivity contribution is -0.136. The van der Waals surface area contributed by atoms with Gasteiger partial charge in [-0.3, -0.25) is 9.36 Å². The first kappa shape index (κ1) is 16.4. The van der Waals surface area contributed by atoms with Gasteiger partial charge in [0, 0.05) is 17.3 Å². The van der Waals surface area contributed by atoms with E-state index in [1.54, 1.807) is 4.57 Å². The first-order valence-corrected chi connectivity index (χ1v) is 7.18. The number of rotatable bonds is 6. The summed E-state index contributed by atoms with van der Waals surface area (Å²) < 4.78 is 1.67. The topological polar surface area (TPSA) is 72.2 Å². The molecule has 0 spiro atoms. The molecule has 1 aromatic heterocycles. The number of aliphatic carboxylic acids is 1. The second-order valence-corrected chi connectivity index (χ2v) is 5.40. The van der Waals surface area contributed by atoms with Gasteiger partial charge in [0.2, 0.25) is 0 Å². The molecule has 0 aliphatic rings. The van der Waals surface area contributed by atoms with Gasteiger partial charge in [0.25, 0.3) is 0 Å². The van der Waals surface area contributed by atoms with Crippen LogP contribution in [-0.2, 0) is 24.1 Å². The standard InChI is InChI=1S/C15H24N2O3/c1-6-12-11(8-14(18)19)13(7-2)17(15(20)16-12)10(5)9(3)4/h9-10H,6-8H2,1-5H3,(H,18,19).